The summed E-state index contributed by atoms with van der Waals surface area (Å²) in [6.07, 6.45) is 0.310. The first-order valence-electron chi connectivity index (χ1n) is 6.54. The van der Waals surface area contributed by atoms with Gasteiger partial charge >= 0.3 is 0 Å². The van der Waals surface area contributed by atoms with Crippen LogP contribution in [-0.4, -0.2) is 41.4 Å². The van der Waals surface area contributed by atoms with Crippen molar-refractivity contribution in [3.8, 4) is 0 Å². The summed E-state index contributed by atoms with van der Waals surface area (Å²) in [5.41, 5.74) is 0.442. The first-order chi connectivity index (χ1) is 9.74. The molecule has 0 saturated carbocycles. The molecule has 0 amide bonds. The standard InChI is InChI=1S/C13H15ClFN5/c14-10-2-1-3-11(15)9(10)8-12-17-13(19-18-12)20-6-4-16-5-7-20/h1-3,16H,4-8H2,(H,17,18,19). The SMILES string of the molecule is Fc1cccc(Cl)c1Cc1nc(N2CCNCC2)n[nH]1. The molecule has 2 N–H and O–H groups in total. The zero-order valence-corrected chi connectivity index (χ0v) is 11.6. The van der Waals surface area contributed by atoms with Gasteiger partial charge in [0.25, 0.3) is 0 Å². The van der Waals surface area contributed by atoms with Crippen LogP contribution in [0.15, 0.2) is 18.2 Å². The summed E-state index contributed by atoms with van der Waals surface area (Å²) in [6.45, 7) is 3.58. The predicted octanol–water partition coefficient (Wildman–Crippen LogP) is 1.60. The van der Waals surface area contributed by atoms with Crippen molar-refractivity contribution in [1.82, 2.24) is 20.5 Å². The van der Waals surface area contributed by atoms with Crippen molar-refractivity contribution in [2.45, 2.75) is 6.42 Å². The van der Waals surface area contributed by atoms with Crippen LogP contribution in [0.25, 0.3) is 0 Å². The van der Waals surface area contributed by atoms with Crippen LogP contribution in [-0.2, 0) is 6.42 Å². The Morgan fingerprint density at radius 2 is 2.10 bits per heavy atom. The lowest BCUT2D eigenvalue weighted by Gasteiger charge is -2.25. The van der Waals surface area contributed by atoms with E-state index in [4.69, 9.17) is 11.6 Å². The summed E-state index contributed by atoms with van der Waals surface area (Å²) in [7, 11) is 0. The third-order valence-corrected chi connectivity index (χ3v) is 3.68. The van der Waals surface area contributed by atoms with Gasteiger partial charge in [0.15, 0.2) is 0 Å². The van der Waals surface area contributed by atoms with E-state index >= 15 is 0 Å². The van der Waals surface area contributed by atoms with Gasteiger partial charge in [-0.2, -0.15) is 4.98 Å². The van der Waals surface area contributed by atoms with Gasteiger partial charge in [0.05, 0.1) is 0 Å². The maximum atomic E-state index is 13.7. The number of nitrogens with zero attached hydrogens (tertiary/aromatic N) is 3. The molecule has 0 atom stereocenters. The molecule has 2 aromatic rings. The van der Waals surface area contributed by atoms with Crippen LogP contribution >= 0.6 is 11.6 Å². The van der Waals surface area contributed by atoms with E-state index in [1.54, 1.807) is 12.1 Å². The Morgan fingerprint density at radius 3 is 2.85 bits per heavy atom. The molecule has 1 aromatic carbocycles. The van der Waals surface area contributed by atoms with Crippen LogP contribution in [0, 0.1) is 5.82 Å². The normalized spacial score (nSPS) is 15.6. The lowest BCUT2D eigenvalue weighted by Crippen LogP contribution is -2.44. The van der Waals surface area contributed by atoms with Crippen molar-refractivity contribution in [3.05, 3.63) is 40.4 Å². The number of aromatic nitrogens is 3. The molecule has 5 nitrogen and oxygen atoms in total. The van der Waals surface area contributed by atoms with Crippen molar-refractivity contribution in [2.75, 3.05) is 31.1 Å². The largest absolute Gasteiger partial charge is 0.337 e. The number of nitrogens with one attached hydrogen (secondary N) is 2. The Bertz CT molecular complexity index is 574. The van der Waals surface area contributed by atoms with E-state index in [9.17, 15) is 4.39 Å². The molecule has 106 valence electrons. The van der Waals surface area contributed by atoms with Crippen molar-refractivity contribution in [1.29, 1.82) is 0 Å². The van der Waals surface area contributed by atoms with E-state index in [1.165, 1.54) is 6.07 Å². The number of rotatable bonds is 3. The molecule has 1 saturated heterocycles. The second-order valence-electron chi connectivity index (χ2n) is 4.70. The van der Waals surface area contributed by atoms with Gasteiger partial charge in [-0.3, -0.25) is 5.10 Å². The van der Waals surface area contributed by atoms with Crippen molar-refractivity contribution in [3.63, 3.8) is 0 Å². The zero-order valence-electron chi connectivity index (χ0n) is 10.9. The van der Waals surface area contributed by atoms with Crippen molar-refractivity contribution < 1.29 is 4.39 Å². The van der Waals surface area contributed by atoms with Gasteiger partial charge in [0.1, 0.15) is 11.6 Å². The third-order valence-electron chi connectivity index (χ3n) is 3.33. The predicted molar refractivity (Wildman–Crippen MR) is 75.7 cm³/mol. The highest BCUT2D eigenvalue weighted by molar-refractivity contribution is 6.31. The summed E-state index contributed by atoms with van der Waals surface area (Å²) < 4.78 is 13.7. The van der Waals surface area contributed by atoms with Crippen LogP contribution in [0.4, 0.5) is 10.3 Å². The molecule has 3 rings (SSSR count). The Balaban J connectivity index is 1.77. The van der Waals surface area contributed by atoms with E-state index in [0.29, 0.717) is 28.8 Å². The fourth-order valence-corrected chi connectivity index (χ4v) is 2.47. The number of hydrogen-bond donors (Lipinski definition) is 2. The van der Waals surface area contributed by atoms with Gasteiger partial charge in [-0.25, -0.2) is 4.39 Å². The first kappa shape index (κ1) is 13.3. The maximum absolute atomic E-state index is 13.7. The zero-order chi connectivity index (χ0) is 13.9. The molecule has 1 aromatic heterocycles. The van der Waals surface area contributed by atoms with Gasteiger partial charge in [-0.1, -0.05) is 17.7 Å². The average molecular weight is 296 g/mol. The van der Waals surface area contributed by atoms with Crippen molar-refractivity contribution in [2.24, 2.45) is 0 Å². The van der Waals surface area contributed by atoms with Gasteiger partial charge in [0, 0.05) is 43.2 Å². The van der Waals surface area contributed by atoms with Crippen LogP contribution in [0.5, 0.6) is 0 Å². The topological polar surface area (TPSA) is 56.8 Å². The number of piperazine rings is 1. The number of halogens is 2. The average Bonchev–Trinajstić information content (AvgIpc) is 2.93. The first-order valence-corrected chi connectivity index (χ1v) is 6.91. The minimum absolute atomic E-state index is 0.310. The highest BCUT2D eigenvalue weighted by Crippen LogP contribution is 2.21. The minimum Gasteiger partial charge on any atom is -0.337 e. The molecule has 0 aliphatic carbocycles. The molecular formula is C13H15ClFN5. The third kappa shape index (κ3) is 2.76. The van der Waals surface area contributed by atoms with Crippen LogP contribution < -0.4 is 10.2 Å². The van der Waals surface area contributed by atoms with Crippen LogP contribution in [0.3, 0.4) is 0 Å². The Morgan fingerprint density at radius 1 is 1.30 bits per heavy atom. The second-order valence-corrected chi connectivity index (χ2v) is 5.10. The summed E-state index contributed by atoms with van der Waals surface area (Å²) in [6, 6.07) is 4.66. The fraction of sp³-hybridized carbons (Fsp3) is 0.385. The van der Waals surface area contributed by atoms with E-state index in [0.717, 1.165) is 26.2 Å². The lowest BCUT2D eigenvalue weighted by molar-refractivity contribution is 0.580. The molecule has 20 heavy (non-hydrogen) atoms. The summed E-state index contributed by atoms with van der Waals surface area (Å²) >= 11 is 6.01. The van der Waals surface area contributed by atoms with Crippen LogP contribution in [0.2, 0.25) is 5.02 Å². The molecular weight excluding hydrogens is 281 g/mol. The van der Waals surface area contributed by atoms with Gasteiger partial charge in [-0.15, -0.1) is 5.10 Å². The fourth-order valence-electron chi connectivity index (χ4n) is 2.24. The van der Waals surface area contributed by atoms with E-state index in [2.05, 4.69) is 25.4 Å². The second kappa shape index (κ2) is 5.76. The summed E-state index contributed by atoms with van der Waals surface area (Å²) in [4.78, 5) is 6.51. The molecule has 0 spiro atoms. The summed E-state index contributed by atoms with van der Waals surface area (Å²) in [5, 5.41) is 10.7. The van der Waals surface area contributed by atoms with Gasteiger partial charge in [0.2, 0.25) is 5.95 Å². The number of hydrogen-bond acceptors (Lipinski definition) is 4. The number of aromatic amines is 1. The van der Waals surface area contributed by atoms with E-state index < -0.39 is 0 Å². The Labute approximate surface area is 121 Å². The smallest absolute Gasteiger partial charge is 0.244 e. The Kier molecular flexibility index (Phi) is 3.84. The molecule has 1 aliphatic heterocycles. The van der Waals surface area contributed by atoms with Gasteiger partial charge in [-0.05, 0) is 12.1 Å². The molecule has 0 bridgehead atoms. The van der Waals surface area contributed by atoms with Crippen molar-refractivity contribution >= 4 is 17.5 Å². The van der Waals surface area contributed by atoms with E-state index in [-0.39, 0.29) is 5.82 Å². The minimum atomic E-state index is -0.322. The number of H-pyrrole nitrogens is 1. The number of anilines is 1. The maximum Gasteiger partial charge on any atom is 0.244 e. The molecule has 0 unspecified atom stereocenters. The molecule has 1 aliphatic rings. The Hall–Kier alpha value is -1.66. The highest BCUT2D eigenvalue weighted by atomic mass is 35.5. The van der Waals surface area contributed by atoms with E-state index in [1.807, 2.05) is 0 Å². The van der Waals surface area contributed by atoms with Crippen LogP contribution in [0.1, 0.15) is 11.4 Å². The monoisotopic (exact) mass is 295 g/mol. The molecule has 7 heteroatoms. The van der Waals surface area contributed by atoms with Gasteiger partial charge < -0.3 is 10.2 Å². The molecule has 1 fully saturated rings. The number of benzene rings is 1. The molecule has 0 radical (unpaired) electrons. The quantitative estimate of drug-likeness (QED) is 0.903. The molecule has 2 heterocycles. The highest BCUT2D eigenvalue weighted by Gasteiger charge is 2.16. The summed E-state index contributed by atoms with van der Waals surface area (Å²) in [5.74, 6) is 0.956. The lowest BCUT2D eigenvalue weighted by atomic mass is 10.1.